The Bertz CT molecular complexity index is 1100. The van der Waals surface area contributed by atoms with E-state index in [1.807, 2.05) is 52.0 Å². The van der Waals surface area contributed by atoms with E-state index in [0.717, 1.165) is 39.1 Å². The van der Waals surface area contributed by atoms with Crippen LogP contribution in [0.25, 0.3) is 11.1 Å². The van der Waals surface area contributed by atoms with E-state index in [2.05, 4.69) is 0 Å². The van der Waals surface area contributed by atoms with E-state index in [1.54, 1.807) is 19.2 Å². The smallest absolute Gasteiger partial charge is 0.343 e. The largest absolute Gasteiger partial charge is 0.496 e. The van der Waals surface area contributed by atoms with Crippen LogP contribution in [0.4, 0.5) is 0 Å². The molecule has 3 rings (SSSR count). The van der Waals surface area contributed by atoms with Gasteiger partial charge in [-0.15, -0.1) is 0 Å². The highest BCUT2D eigenvalue weighted by Crippen LogP contribution is 2.43. The molecule has 150 valence electrons. The molecule has 3 nitrogen and oxygen atoms in total. The van der Waals surface area contributed by atoms with E-state index in [4.69, 9.17) is 32.7 Å². The molecule has 0 spiro atoms. The molecule has 0 bridgehead atoms. The van der Waals surface area contributed by atoms with Gasteiger partial charge in [-0.3, -0.25) is 0 Å². The number of aryl methyl sites for hydroxylation is 2. The van der Waals surface area contributed by atoms with Gasteiger partial charge < -0.3 is 9.47 Å². The fourth-order valence-electron chi connectivity index (χ4n) is 3.24. The van der Waals surface area contributed by atoms with Gasteiger partial charge in [-0.1, -0.05) is 35.3 Å². The average molecular weight is 429 g/mol. The molecule has 0 amide bonds. The van der Waals surface area contributed by atoms with Crippen LogP contribution in [0.3, 0.4) is 0 Å². The van der Waals surface area contributed by atoms with Crippen LogP contribution in [0.5, 0.6) is 11.5 Å². The minimum atomic E-state index is -0.502. The van der Waals surface area contributed by atoms with E-state index in [1.165, 1.54) is 6.07 Å². The van der Waals surface area contributed by atoms with Crippen molar-refractivity contribution in [3.05, 3.63) is 80.3 Å². The number of benzene rings is 3. The molecule has 0 aliphatic rings. The molecule has 0 unspecified atom stereocenters. The van der Waals surface area contributed by atoms with Gasteiger partial charge in [0.15, 0.2) is 0 Å². The highest BCUT2D eigenvalue weighted by molar-refractivity contribution is 6.42. The number of carbonyl (C=O) groups excluding carboxylic acids is 1. The van der Waals surface area contributed by atoms with Gasteiger partial charge in [0, 0.05) is 11.1 Å². The van der Waals surface area contributed by atoms with Crippen LogP contribution < -0.4 is 9.47 Å². The second-order valence-corrected chi connectivity index (χ2v) is 7.80. The van der Waals surface area contributed by atoms with E-state index >= 15 is 0 Å². The summed E-state index contributed by atoms with van der Waals surface area (Å²) in [5, 5.41) is 0.688. The van der Waals surface area contributed by atoms with Gasteiger partial charge in [0.2, 0.25) is 0 Å². The molecular formula is C24H22Cl2O3. The first kappa shape index (κ1) is 21.2. The molecule has 0 saturated heterocycles. The van der Waals surface area contributed by atoms with Crippen LogP contribution >= 0.6 is 23.2 Å². The van der Waals surface area contributed by atoms with Crippen molar-refractivity contribution in [2.45, 2.75) is 27.7 Å². The Labute approximate surface area is 181 Å². The molecule has 0 saturated carbocycles. The minimum absolute atomic E-state index is 0.303. The maximum atomic E-state index is 12.8. The van der Waals surface area contributed by atoms with Gasteiger partial charge >= 0.3 is 5.97 Å². The Morgan fingerprint density at radius 2 is 1.31 bits per heavy atom. The van der Waals surface area contributed by atoms with Gasteiger partial charge in [0.05, 0.1) is 22.7 Å². The van der Waals surface area contributed by atoms with Crippen LogP contribution in [-0.4, -0.2) is 13.1 Å². The van der Waals surface area contributed by atoms with E-state index in [-0.39, 0.29) is 0 Å². The Morgan fingerprint density at radius 1 is 0.759 bits per heavy atom. The summed E-state index contributed by atoms with van der Waals surface area (Å²) in [6.45, 7) is 8.13. The van der Waals surface area contributed by atoms with Crippen molar-refractivity contribution in [3.63, 3.8) is 0 Å². The molecule has 3 aromatic carbocycles. The SMILES string of the molecule is COc1ccc(C)c(C)c1-c1c(OC(=O)c2ccc(Cl)c(Cl)c2)ccc(C)c1C. The highest BCUT2D eigenvalue weighted by atomic mass is 35.5. The number of rotatable bonds is 4. The number of esters is 1. The van der Waals surface area contributed by atoms with Crippen molar-refractivity contribution < 1.29 is 14.3 Å². The highest BCUT2D eigenvalue weighted by Gasteiger charge is 2.21. The summed E-state index contributed by atoms with van der Waals surface area (Å²) in [5.41, 5.74) is 6.42. The topological polar surface area (TPSA) is 35.5 Å². The van der Waals surface area contributed by atoms with Gasteiger partial charge in [-0.05, 0) is 80.3 Å². The molecule has 5 heteroatoms. The molecule has 0 aromatic heterocycles. The van der Waals surface area contributed by atoms with E-state index in [9.17, 15) is 4.79 Å². The third-order valence-corrected chi connectivity index (χ3v) is 5.96. The Kier molecular flexibility index (Phi) is 6.21. The van der Waals surface area contributed by atoms with E-state index in [0.29, 0.717) is 21.4 Å². The molecule has 29 heavy (non-hydrogen) atoms. The summed E-state index contributed by atoms with van der Waals surface area (Å²) in [6.07, 6.45) is 0. The minimum Gasteiger partial charge on any atom is -0.496 e. The first-order valence-electron chi connectivity index (χ1n) is 9.16. The van der Waals surface area contributed by atoms with Crippen molar-refractivity contribution in [2.75, 3.05) is 7.11 Å². The monoisotopic (exact) mass is 428 g/mol. The average Bonchev–Trinajstić information content (AvgIpc) is 2.69. The molecular weight excluding hydrogens is 407 g/mol. The van der Waals surface area contributed by atoms with Gasteiger partial charge in [0.25, 0.3) is 0 Å². The molecule has 0 N–H and O–H groups in total. The molecule has 0 radical (unpaired) electrons. The summed E-state index contributed by atoms with van der Waals surface area (Å²) in [4.78, 5) is 12.8. The van der Waals surface area contributed by atoms with Crippen LogP contribution in [0, 0.1) is 27.7 Å². The third-order valence-electron chi connectivity index (χ3n) is 5.22. The van der Waals surface area contributed by atoms with E-state index < -0.39 is 5.97 Å². The van der Waals surface area contributed by atoms with Crippen LogP contribution in [0.15, 0.2) is 42.5 Å². The summed E-state index contributed by atoms with van der Waals surface area (Å²) < 4.78 is 11.4. The maximum Gasteiger partial charge on any atom is 0.343 e. The fourth-order valence-corrected chi connectivity index (χ4v) is 3.54. The quantitative estimate of drug-likeness (QED) is 0.327. The fraction of sp³-hybridized carbons (Fsp3) is 0.208. The lowest BCUT2D eigenvalue weighted by Crippen LogP contribution is -2.10. The number of ether oxygens (including phenoxy) is 2. The Hall–Kier alpha value is -2.49. The first-order valence-corrected chi connectivity index (χ1v) is 9.92. The normalized spacial score (nSPS) is 10.7. The summed E-state index contributed by atoms with van der Waals surface area (Å²) >= 11 is 12.0. The second kappa shape index (κ2) is 8.48. The van der Waals surface area contributed by atoms with Gasteiger partial charge in [-0.2, -0.15) is 0 Å². The van der Waals surface area contributed by atoms with Crippen LogP contribution in [0.2, 0.25) is 10.0 Å². The lowest BCUT2D eigenvalue weighted by molar-refractivity contribution is 0.0735. The Balaban J connectivity index is 2.16. The zero-order valence-corrected chi connectivity index (χ0v) is 18.5. The van der Waals surface area contributed by atoms with Gasteiger partial charge in [0.1, 0.15) is 11.5 Å². The molecule has 0 heterocycles. The lowest BCUT2D eigenvalue weighted by atomic mass is 9.90. The van der Waals surface area contributed by atoms with Crippen molar-refractivity contribution in [1.82, 2.24) is 0 Å². The van der Waals surface area contributed by atoms with Crippen LogP contribution in [-0.2, 0) is 0 Å². The molecule has 0 aliphatic carbocycles. The van der Waals surface area contributed by atoms with Crippen molar-refractivity contribution >= 4 is 29.2 Å². The molecule has 3 aromatic rings. The summed E-state index contributed by atoms with van der Waals surface area (Å²) in [6, 6.07) is 12.4. The lowest BCUT2D eigenvalue weighted by Gasteiger charge is -2.20. The number of halogens is 2. The number of hydrogen-bond donors (Lipinski definition) is 0. The van der Waals surface area contributed by atoms with Gasteiger partial charge in [-0.25, -0.2) is 4.79 Å². The summed E-state index contributed by atoms with van der Waals surface area (Å²) in [5.74, 6) is 0.696. The summed E-state index contributed by atoms with van der Waals surface area (Å²) in [7, 11) is 1.64. The number of hydrogen-bond acceptors (Lipinski definition) is 3. The standard InChI is InChI=1S/C24H22Cl2O3/c1-13-6-10-20(28-5)22(15(13)3)23-16(4)14(2)7-11-21(23)29-24(27)17-8-9-18(25)19(26)12-17/h6-12H,1-5H3. The predicted molar refractivity (Wildman–Crippen MR) is 119 cm³/mol. The van der Waals surface area contributed by atoms with Crippen molar-refractivity contribution in [3.8, 4) is 22.6 Å². The van der Waals surface area contributed by atoms with Crippen molar-refractivity contribution in [2.24, 2.45) is 0 Å². The zero-order valence-electron chi connectivity index (χ0n) is 17.0. The number of carbonyl (C=O) groups is 1. The van der Waals surface area contributed by atoms with Crippen LogP contribution in [0.1, 0.15) is 32.6 Å². The first-order chi connectivity index (χ1) is 13.7. The zero-order chi connectivity index (χ0) is 21.3. The Morgan fingerprint density at radius 3 is 1.86 bits per heavy atom. The molecule has 0 fully saturated rings. The molecule has 0 atom stereocenters. The maximum absolute atomic E-state index is 12.8. The predicted octanol–water partition coefficient (Wildman–Crippen LogP) is 7.12. The number of methoxy groups -OCH3 is 1. The van der Waals surface area contributed by atoms with Crippen molar-refractivity contribution in [1.29, 1.82) is 0 Å². The second-order valence-electron chi connectivity index (χ2n) is 6.98. The third kappa shape index (κ3) is 4.12. The molecule has 0 aliphatic heterocycles.